The minimum Gasteiger partial charge on any atom is -0.364 e. The summed E-state index contributed by atoms with van der Waals surface area (Å²) in [4.78, 5) is 4.13. The molecule has 1 heterocycles. The van der Waals surface area contributed by atoms with E-state index in [1.165, 1.54) is 0 Å². The Morgan fingerprint density at radius 1 is 1.40 bits per heavy atom. The summed E-state index contributed by atoms with van der Waals surface area (Å²) >= 11 is 0. The van der Waals surface area contributed by atoms with Gasteiger partial charge in [0.05, 0.1) is 5.92 Å². The summed E-state index contributed by atoms with van der Waals surface area (Å²) in [6.07, 6.45) is -1.28. The largest absolute Gasteiger partial charge is 0.411 e. The molecule has 1 aliphatic carbocycles. The predicted octanol–water partition coefficient (Wildman–Crippen LogP) is 2.39. The monoisotopic (exact) mass is 293 g/mol. The van der Waals surface area contributed by atoms with Crippen molar-refractivity contribution in [1.82, 2.24) is 15.5 Å². The lowest BCUT2D eigenvalue weighted by atomic mass is 10.0. The Morgan fingerprint density at radius 3 is 2.90 bits per heavy atom. The van der Waals surface area contributed by atoms with Gasteiger partial charge in [-0.05, 0) is 19.4 Å². The maximum Gasteiger partial charge on any atom is 0.411 e. The fourth-order valence-electron chi connectivity index (χ4n) is 2.50. The van der Waals surface area contributed by atoms with Crippen LogP contribution in [0.1, 0.15) is 43.8 Å². The van der Waals surface area contributed by atoms with E-state index < -0.39 is 12.8 Å². The molecule has 5 nitrogen and oxygen atoms in total. The summed E-state index contributed by atoms with van der Waals surface area (Å²) in [5.41, 5.74) is 0. The molecule has 0 radical (unpaired) electrons. The van der Waals surface area contributed by atoms with E-state index in [9.17, 15) is 13.2 Å². The number of hydrogen-bond acceptors (Lipinski definition) is 5. The Morgan fingerprint density at radius 2 is 2.20 bits per heavy atom. The van der Waals surface area contributed by atoms with Crippen LogP contribution in [0.2, 0.25) is 0 Å². The van der Waals surface area contributed by atoms with E-state index >= 15 is 0 Å². The summed E-state index contributed by atoms with van der Waals surface area (Å²) in [5.74, 6) is 0.782. The number of alkyl halides is 3. The van der Waals surface area contributed by atoms with Crippen molar-refractivity contribution in [2.75, 3.05) is 13.2 Å². The zero-order chi connectivity index (χ0) is 14.6. The molecule has 1 saturated carbocycles. The molecule has 1 fully saturated rings. The van der Waals surface area contributed by atoms with Crippen molar-refractivity contribution in [3.05, 3.63) is 11.7 Å². The van der Waals surface area contributed by atoms with Gasteiger partial charge in [0.25, 0.3) is 0 Å². The van der Waals surface area contributed by atoms with E-state index in [4.69, 9.17) is 4.52 Å². The highest BCUT2D eigenvalue weighted by Gasteiger charge is 2.32. The molecule has 20 heavy (non-hydrogen) atoms. The number of nitrogens with one attached hydrogen (secondary N) is 1. The molecule has 0 amide bonds. The molecule has 0 aliphatic heterocycles. The number of halogens is 3. The van der Waals surface area contributed by atoms with E-state index in [-0.39, 0.29) is 18.3 Å². The van der Waals surface area contributed by atoms with Gasteiger partial charge in [-0.2, -0.15) is 18.2 Å². The van der Waals surface area contributed by atoms with Crippen molar-refractivity contribution in [2.45, 2.75) is 50.9 Å². The molecule has 2 rings (SSSR count). The fourth-order valence-corrected chi connectivity index (χ4v) is 2.50. The van der Waals surface area contributed by atoms with Gasteiger partial charge >= 0.3 is 6.18 Å². The highest BCUT2D eigenvalue weighted by molar-refractivity contribution is 5.02. The minimum atomic E-state index is -4.34. The van der Waals surface area contributed by atoms with Gasteiger partial charge in [0.2, 0.25) is 5.89 Å². The van der Waals surface area contributed by atoms with E-state index in [2.05, 4.69) is 20.2 Å². The van der Waals surface area contributed by atoms with Crippen LogP contribution in [-0.2, 0) is 11.3 Å². The van der Waals surface area contributed by atoms with Crippen molar-refractivity contribution in [1.29, 1.82) is 0 Å². The molecule has 8 heteroatoms. The van der Waals surface area contributed by atoms with E-state index in [1.807, 2.05) is 6.92 Å². The second kappa shape index (κ2) is 6.53. The van der Waals surface area contributed by atoms with Crippen LogP contribution in [0.25, 0.3) is 0 Å². The van der Waals surface area contributed by atoms with Gasteiger partial charge in [0, 0.05) is 6.04 Å². The maximum atomic E-state index is 11.9. The fraction of sp³-hybridized carbons (Fsp3) is 0.833. The zero-order valence-electron chi connectivity index (χ0n) is 11.2. The van der Waals surface area contributed by atoms with Gasteiger partial charge in [-0.3, -0.25) is 0 Å². The average Bonchev–Trinajstić information content (AvgIpc) is 2.96. The minimum absolute atomic E-state index is 0.138. The van der Waals surface area contributed by atoms with E-state index in [0.717, 1.165) is 25.8 Å². The molecule has 2 unspecified atom stereocenters. The van der Waals surface area contributed by atoms with Crippen molar-refractivity contribution >= 4 is 0 Å². The normalized spacial score (nSPS) is 23.4. The van der Waals surface area contributed by atoms with Crippen LogP contribution in [0.15, 0.2) is 4.52 Å². The van der Waals surface area contributed by atoms with Gasteiger partial charge < -0.3 is 14.6 Å². The number of likely N-dealkylation sites (N-methyl/N-ethyl adjacent to an activating group) is 1. The molecule has 0 spiro atoms. The summed E-state index contributed by atoms with van der Waals surface area (Å²) in [6.45, 7) is 1.29. The van der Waals surface area contributed by atoms with Gasteiger partial charge in [-0.15, -0.1) is 0 Å². The molecule has 0 aromatic carbocycles. The number of hydrogen-bond donors (Lipinski definition) is 1. The Hall–Kier alpha value is -1.15. The van der Waals surface area contributed by atoms with Gasteiger partial charge in [-0.1, -0.05) is 18.5 Å². The zero-order valence-corrected chi connectivity index (χ0v) is 11.2. The Balaban J connectivity index is 1.88. The van der Waals surface area contributed by atoms with Gasteiger partial charge in [-0.25, -0.2) is 0 Å². The first kappa shape index (κ1) is 15.2. The number of nitrogens with zero attached hydrogens (tertiary/aromatic N) is 2. The molecular formula is C12H18F3N3O2. The SMILES string of the molecule is CCNC1CCCC1c1nc(COCC(F)(F)F)no1. The first-order valence-corrected chi connectivity index (χ1v) is 6.70. The van der Waals surface area contributed by atoms with Crippen LogP contribution in [0, 0.1) is 0 Å². The average molecular weight is 293 g/mol. The molecule has 1 aromatic rings. The third kappa shape index (κ3) is 4.17. The lowest BCUT2D eigenvalue weighted by Crippen LogP contribution is -2.31. The lowest BCUT2D eigenvalue weighted by Gasteiger charge is -2.16. The predicted molar refractivity (Wildman–Crippen MR) is 64.1 cm³/mol. The van der Waals surface area contributed by atoms with Crippen LogP contribution in [0.4, 0.5) is 13.2 Å². The van der Waals surface area contributed by atoms with Crippen molar-refractivity contribution in [3.63, 3.8) is 0 Å². The summed E-state index contributed by atoms with van der Waals surface area (Å²) < 4.78 is 45.5. The first-order chi connectivity index (χ1) is 9.49. The van der Waals surface area contributed by atoms with Crippen molar-refractivity contribution in [3.8, 4) is 0 Å². The van der Waals surface area contributed by atoms with Gasteiger partial charge in [0.15, 0.2) is 5.82 Å². The second-order valence-corrected chi connectivity index (χ2v) is 4.86. The van der Waals surface area contributed by atoms with Crippen LogP contribution < -0.4 is 5.32 Å². The molecule has 1 aliphatic rings. The lowest BCUT2D eigenvalue weighted by molar-refractivity contribution is -0.177. The van der Waals surface area contributed by atoms with Crippen LogP contribution in [-0.4, -0.2) is 35.5 Å². The summed E-state index contributed by atoms with van der Waals surface area (Å²) in [5, 5.41) is 7.03. The number of ether oxygens (including phenoxy) is 1. The number of aromatic nitrogens is 2. The topological polar surface area (TPSA) is 60.2 Å². The van der Waals surface area contributed by atoms with Crippen LogP contribution >= 0.6 is 0 Å². The van der Waals surface area contributed by atoms with E-state index in [1.54, 1.807) is 0 Å². The highest BCUT2D eigenvalue weighted by Crippen LogP contribution is 2.33. The Kier molecular flexibility index (Phi) is 4.98. The van der Waals surface area contributed by atoms with Crippen molar-refractivity contribution < 1.29 is 22.4 Å². The standard InChI is InChI=1S/C12H18F3N3O2/c1-2-16-9-5-3-4-8(9)11-17-10(18-20-11)6-19-7-12(13,14)15/h8-9,16H,2-7H2,1H3. The first-order valence-electron chi connectivity index (χ1n) is 6.70. The molecule has 1 N–H and O–H groups in total. The third-order valence-electron chi connectivity index (χ3n) is 3.28. The quantitative estimate of drug-likeness (QED) is 0.872. The number of rotatable bonds is 6. The molecule has 114 valence electrons. The van der Waals surface area contributed by atoms with Crippen molar-refractivity contribution in [2.24, 2.45) is 0 Å². The van der Waals surface area contributed by atoms with E-state index in [0.29, 0.717) is 11.9 Å². The molecule has 0 bridgehead atoms. The molecule has 1 aromatic heterocycles. The molecule has 0 saturated heterocycles. The maximum absolute atomic E-state index is 11.9. The Bertz CT molecular complexity index is 422. The van der Waals surface area contributed by atoms with Crippen LogP contribution in [0.5, 0.6) is 0 Å². The van der Waals surface area contributed by atoms with Gasteiger partial charge in [0.1, 0.15) is 13.2 Å². The Labute approximate surface area is 114 Å². The molecule has 2 atom stereocenters. The second-order valence-electron chi connectivity index (χ2n) is 4.86. The van der Waals surface area contributed by atoms with Crippen LogP contribution in [0.3, 0.4) is 0 Å². The summed E-state index contributed by atoms with van der Waals surface area (Å²) in [7, 11) is 0. The third-order valence-corrected chi connectivity index (χ3v) is 3.28. The smallest absolute Gasteiger partial charge is 0.364 e. The molecular weight excluding hydrogens is 275 g/mol. The highest BCUT2D eigenvalue weighted by atomic mass is 19.4. The summed E-state index contributed by atoms with van der Waals surface area (Å²) in [6, 6.07) is 0.296.